The van der Waals surface area contributed by atoms with Crippen molar-refractivity contribution in [3.63, 3.8) is 0 Å². The zero-order valence-electron chi connectivity index (χ0n) is 14.5. The molecule has 0 radical (unpaired) electrons. The average molecular weight is 280 g/mol. The van der Waals surface area contributed by atoms with Gasteiger partial charge in [0.25, 0.3) is 0 Å². The maximum atomic E-state index is 3.82. The molecule has 0 spiro atoms. The van der Waals surface area contributed by atoms with Crippen LogP contribution in [0.1, 0.15) is 79.6 Å². The van der Waals surface area contributed by atoms with Crippen LogP contribution in [0.5, 0.6) is 0 Å². The molecule has 0 saturated heterocycles. The number of hydrogen-bond acceptors (Lipinski definition) is 1. The van der Waals surface area contributed by atoms with Crippen LogP contribution in [-0.2, 0) is 0 Å². The molecule has 0 aliphatic heterocycles. The number of hydrogen-bond donors (Lipinski definition) is 1. The van der Waals surface area contributed by atoms with Crippen molar-refractivity contribution in [2.24, 2.45) is 29.1 Å². The highest BCUT2D eigenvalue weighted by Gasteiger charge is 2.43. The van der Waals surface area contributed by atoms with Crippen LogP contribution in [0.25, 0.3) is 0 Å². The molecule has 0 amide bonds. The predicted molar refractivity (Wildman–Crippen MR) is 88.9 cm³/mol. The Kier molecular flexibility index (Phi) is 5.56. The minimum Gasteiger partial charge on any atom is -0.314 e. The van der Waals surface area contributed by atoms with Crippen molar-refractivity contribution in [1.29, 1.82) is 0 Å². The van der Waals surface area contributed by atoms with Gasteiger partial charge in [-0.25, -0.2) is 0 Å². The van der Waals surface area contributed by atoms with Crippen LogP contribution in [0.4, 0.5) is 0 Å². The first-order valence-electron chi connectivity index (χ1n) is 9.18. The topological polar surface area (TPSA) is 12.0 Å². The molecule has 2 fully saturated rings. The van der Waals surface area contributed by atoms with Gasteiger partial charge in [0.2, 0.25) is 0 Å². The van der Waals surface area contributed by atoms with E-state index in [1.54, 1.807) is 0 Å². The van der Waals surface area contributed by atoms with Crippen molar-refractivity contribution in [1.82, 2.24) is 5.32 Å². The Balaban J connectivity index is 2.08. The predicted octanol–water partition coefficient (Wildman–Crippen LogP) is 5.25. The van der Waals surface area contributed by atoms with Gasteiger partial charge in [-0.2, -0.15) is 0 Å². The molecule has 2 rings (SSSR count). The van der Waals surface area contributed by atoms with E-state index in [2.05, 4.69) is 39.9 Å². The van der Waals surface area contributed by atoms with E-state index >= 15 is 0 Å². The van der Waals surface area contributed by atoms with Gasteiger partial charge >= 0.3 is 0 Å². The van der Waals surface area contributed by atoms with Crippen molar-refractivity contribution < 1.29 is 0 Å². The fourth-order valence-corrected chi connectivity index (χ4v) is 5.17. The summed E-state index contributed by atoms with van der Waals surface area (Å²) in [5, 5.41) is 3.82. The molecule has 118 valence electrons. The molecule has 0 heterocycles. The first-order chi connectivity index (χ1) is 9.45. The summed E-state index contributed by atoms with van der Waals surface area (Å²) < 4.78 is 0. The Morgan fingerprint density at radius 2 is 1.65 bits per heavy atom. The molecule has 5 unspecified atom stereocenters. The lowest BCUT2D eigenvalue weighted by atomic mass is 9.57. The zero-order chi connectivity index (χ0) is 14.8. The third kappa shape index (κ3) is 3.59. The summed E-state index contributed by atoms with van der Waals surface area (Å²) in [7, 11) is 0. The summed E-state index contributed by atoms with van der Waals surface area (Å²) in [5.74, 6) is 3.70. The Morgan fingerprint density at radius 3 is 2.30 bits per heavy atom. The van der Waals surface area contributed by atoms with E-state index in [1.807, 2.05) is 0 Å². The average Bonchev–Trinajstić information content (AvgIpc) is 2.39. The van der Waals surface area contributed by atoms with Crippen LogP contribution in [0.3, 0.4) is 0 Å². The summed E-state index contributed by atoms with van der Waals surface area (Å²) in [6.45, 7) is 13.5. The normalized spacial score (nSPS) is 39.8. The number of nitrogens with one attached hydrogen (secondary N) is 1. The lowest BCUT2D eigenvalue weighted by Crippen LogP contribution is -2.49. The molecule has 0 bridgehead atoms. The molecule has 1 N–H and O–H groups in total. The second-order valence-electron chi connectivity index (χ2n) is 8.48. The molecule has 0 aromatic heterocycles. The second-order valence-corrected chi connectivity index (χ2v) is 8.48. The molecule has 2 aliphatic rings. The van der Waals surface area contributed by atoms with Crippen LogP contribution in [0.2, 0.25) is 0 Å². The van der Waals surface area contributed by atoms with E-state index in [0.29, 0.717) is 5.41 Å². The highest BCUT2D eigenvalue weighted by molar-refractivity contribution is 4.96. The quantitative estimate of drug-likeness (QED) is 0.741. The van der Waals surface area contributed by atoms with E-state index in [9.17, 15) is 0 Å². The standard InChI is InChI=1S/C19H37N/c1-6-20-18-13-15(3)10-11-17(18)19(4,5)16-9-7-8-14(2)12-16/h14-18,20H,6-13H2,1-5H3. The van der Waals surface area contributed by atoms with E-state index in [0.717, 1.165) is 36.3 Å². The van der Waals surface area contributed by atoms with Gasteiger partial charge in [-0.3, -0.25) is 0 Å². The van der Waals surface area contributed by atoms with E-state index in [1.165, 1.54) is 44.9 Å². The van der Waals surface area contributed by atoms with E-state index in [4.69, 9.17) is 0 Å². The summed E-state index contributed by atoms with van der Waals surface area (Å²) >= 11 is 0. The van der Waals surface area contributed by atoms with Gasteiger partial charge in [-0.05, 0) is 61.3 Å². The lowest BCUT2D eigenvalue weighted by Gasteiger charge is -2.50. The smallest absolute Gasteiger partial charge is 0.0103 e. The van der Waals surface area contributed by atoms with Crippen molar-refractivity contribution in [3.05, 3.63) is 0 Å². The van der Waals surface area contributed by atoms with Crippen LogP contribution >= 0.6 is 0 Å². The molecule has 1 heteroatoms. The largest absolute Gasteiger partial charge is 0.314 e. The maximum absolute atomic E-state index is 3.82. The lowest BCUT2D eigenvalue weighted by molar-refractivity contribution is 0.0170. The molecule has 2 saturated carbocycles. The molecule has 0 aromatic rings. The van der Waals surface area contributed by atoms with Gasteiger partial charge < -0.3 is 5.32 Å². The van der Waals surface area contributed by atoms with Gasteiger partial charge in [0.1, 0.15) is 0 Å². The highest BCUT2D eigenvalue weighted by atomic mass is 14.9. The van der Waals surface area contributed by atoms with Crippen LogP contribution in [0, 0.1) is 29.1 Å². The fourth-order valence-electron chi connectivity index (χ4n) is 5.17. The molecule has 5 atom stereocenters. The third-order valence-corrected chi connectivity index (χ3v) is 6.52. The third-order valence-electron chi connectivity index (χ3n) is 6.52. The Hall–Kier alpha value is -0.0400. The summed E-state index contributed by atoms with van der Waals surface area (Å²) in [6.07, 6.45) is 10.1. The number of rotatable bonds is 4. The molecular weight excluding hydrogens is 242 g/mol. The summed E-state index contributed by atoms with van der Waals surface area (Å²) in [6, 6.07) is 0.760. The molecule has 0 aromatic carbocycles. The van der Waals surface area contributed by atoms with Gasteiger partial charge in [0.15, 0.2) is 0 Å². The maximum Gasteiger partial charge on any atom is 0.0103 e. The first kappa shape index (κ1) is 16.3. The zero-order valence-corrected chi connectivity index (χ0v) is 14.5. The Morgan fingerprint density at radius 1 is 0.950 bits per heavy atom. The molecular formula is C19H37N. The molecule has 1 nitrogen and oxygen atoms in total. The van der Waals surface area contributed by atoms with E-state index < -0.39 is 0 Å². The first-order valence-corrected chi connectivity index (χ1v) is 9.18. The van der Waals surface area contributed by atoms with Gasteiger partial charge in [0.05, 0.1) is 0 Å². The highest BCUT2D eigenvalue weighted by Crippen LogP contribution is 2.49. The molecule has 20 heavy (non-hydrogen) atoms. The van der Waals surface area contributed by atoms with Gasteiger partial charge in [0, 0.05) is 6.04 Å². The second kappa shape index (κ2) is 6.81. The van der Waals surface area contributed by atoms with Crippen LogP contribution < -0.4 is 5.32 Å². The minimum absolute atomic E-state index is 0.516. The monoisotopic (exact) mass is 279 g/mol. The summed E-state index contributed by atoms with van der Waals surface area (Å²) in [5.41, 5.74) is 0.516. The van der Waals surface area contributed by atoms with Crippen LogP contribution in [0.15, 0.2) is 0 Å². The van der Waals surface area contributed by atoms with Crippen molar-refractivity contribution in [2.45, 2.75) is 85.6 Å². The summed E-state index contributed by atoms with van der Waals surface area (Å²) in [4.78, 5) is 0. The van der Waals surface area contributed by atoms with Gasteiger partial charge in [-0.1, -0.05) is 53.9 Å². The molecule has 2 aliphatic carbocycles. The van der Waals surface area contributed by atoms with Crippen LogP contribution in [-0.4, -0.2) is 12.6 Å². The van der Waals surface area contributed by atoms with Crippen molar-refractivity contribution in [3.8, 4) is 0 Å². The Labute approximate surface area is 127 Å². The SMILES string of the molecule is CCNC1CC(C)CCC1C(C)(C)C1CCCC(C)C1. The van der Waals surface area contributed by atoms with Crippen molar-refractivity contribution >= 4 is 0 Å². The van der Waals surface area contributed by atoms with Gasteiger partial charge in [-0.15, -0.1) is 0 Å². The Bertz CT molecular complexity index is 296. The van der Waals surface area contributed by atoms with Crippen molar-refractivity contribution in [2.75, 3.05) is 6.54 Å². The van der Waals surface area contributed by atoms with E-state index in [-0.39, 0.29) is 0 Å². The fraction of sp³-hybridized carbons (Fsp3) is 1.00. The minimum atomic E-state index is 0.516.